The lowest BCUT2D eigenvalue weighted by atomic mass is 10.0. The van der Waals surface area contributed by atoms with Crippen LogP contribution in [0.5, 0.6) is 0 Å². The Morgan fingerprint density at radius 1 is 0.438 bits per heavy atom. The number of aromatic nitrogens is 2. The summed E-state index contributed by atoms with van der Waals surface area (Å²) in [6, 6.07) is 0. The van der Waals surface area contributed by atoms with E-state index in [1.165, 1.54) is 180 Å². The van der Waals surface area contributed by atoms with Gasteiger partial charge in [0, 0.05) is 12.8 Å². The standard InChI is InChI=1S/C42H78N2O4/c1-3-5-7-9-11-13-15-17-19-21-23-25-27-29-31-33-35-37-39(45)41-42(44(47)48-43-41)40(46)38-36-34-32-30-28-26-24-22-20-18-16-14-12-10-8-6-4-2/h3-38H2,1-2H3. The molecule has 1 heterocycles. The van der Waals surface area contributed by atoms with Crippen LogP contribution in [0.1, 0.15) is 266 Å². The van der Waals surface area contributed by atoms with Crippen molar-refractivity contribution < 1.29 is 19.1 Å². The highest BCUT2D eigenvalue weighted by atomic mass is 16.8. The van der Waals surface area contributed by atoms with E-state index in [1.54, 1.807) is 0 Å². The molecule has 0 unspecified atom stereocenters. The Kier molecular flexibility index (Phi) is 31.2. The Hall–Kier alpha value is -1.72. The summed E-state index contributed by atoms with van der Waals surface area (Å²) in [6.45, 7) is 4.55. The average molecular weight is 675 g/mol. The average Bonchev–Trinajstić information content (AvgIpc) is 3.48. The predicted octanol–water partition coefficient (Wildman–Crippen LogP) is 13.8. The lowest BCUT2D eigenvalue weighted by molar-refractivity contribution is -0.803. The minimum absolute atomic E-state index is 0.0709. The minimum Gasteiger partial charge on any atom is -0.359 e. The van der Waals surface area contributed by atoms with Gasteiger partial charge in [-0.3, -0.25) is 14.2 Å². The predicted molar refractivity (Wildman–Crippen MR) is 202 cm³/mol. The maximum Gasteiger partial charge on any atom is 0.294 e. The van der Waals surface area contributed by atoms with Crippen LogP contribution in [0.4, 0.5) is 0 Å². The topological polar surface area (TPSA) is 87.1 Å². The lowest BCUT2D eigenvalue weighted by Crippen LogP contribution is -2.32. The quantitative estimate of drug-likeness (QED) is 0.0396. The van der Waals surface area contributed by atoms with Gasteiger partial charge in [-0.2, -0.15) is 0 Å². The number of Topliss-reactive ketones (excluding diaryl/α,β-unsaturated/α-hetero) is 2. The molecule has 0 aromatic carbocycles. The number of ketones is 2. The van der Waals surface area contributed by atoms with Crippen LogP contribution in [0.3, 0.4) is 0 Å². The van der Waals surface area contributed by atoms with Crippen LogP contribution in [-0.2, 0) is 0 Å². The van der Waals surface area contributed by atoms with Gasteiger partial charge in [0.1, 0.15) is 0 Å². The molecule has 6 nitrogen and oxygen atoms in total. The molecule has 0 spiro atoms. The molecule has 0 N–H and O–H groups in total. The molecular weight excluding hydrogens is 596 g/mol. The van der Waals surface area contributed by atoms with Crippen molar-refractivity contribution in [3.8, 4) is 0 Å². The molecule has 280 valence electrons. The van der Waals surface area contributed by atoms with Crippen molar-refractivity contribution in [1.29, 1.82) is 0 Å². The monoisotopic (exact) mass is 675 g/mol. The van der Waals surface area contributed by atoms with Crippen LogP contribution in [0.25, 0.3) is 0 Å². The van der Waals surface area contributed by atoms with E-state index in [-0.39, 0.29) is 34.3 Å². The van der Waals surface area contributed by atoms with E-state index in [4.69, 9.17) is 0 Å². The summed E-state index contributed by atoms with van der Waals surface area (Å²) in [6.07, 6.45) is 44.3. The molecule has 0 fully saturated rings. The SMILES string of the molecule is CCCCCCCCCCCCCCCCCCCC(=O)c1no[n+]([O-])c1C(=O)CCCCCCCCCCCCCCCCCCC. The molecule has 0 saturated carbocycles. The normalized spacial score (nSPS) is 11.5. The molecule has 0 bridgehead atoms. The number of hydrogen-bond acceptors (Lipinski definition) is 5. The second kappa shape index (κ2) is 33.8. The first kappa shape index (κ1) is 44.3. The van der Waals surface area contributed by atoms with E-state index >= 15 is 0 Å². The van der Waals surface area contributed by atoms with E-state index in [0.29, 0.717) is 6.42 Å². The van der Waals surface area contributed by atoms with Crippen molar-refractivity contribution in [3.63, 3.8) is 0 Å². The Labute approximate surface area is 296 Å². The number of rotatable bonds is 38. The zero-order valence-electron chi connectivity index (χ0n) is 32.0. The van der Waals surface area contributed by atoms with Crippen molar-refractivity contribution in [2.45, 2.75) is 245 Å². The molecule has 0 amide bonds. The van der Waals surface area contributed by atoms with Crippen LogP contribution in [0.2, 0.25) is 0 Å². The molecular formula is C42H78N2O4. The summed E-state index contributed by atoms with van der Waals surface area (Å²) in [5.74, 6) is -0.571. The van der Waals surface area contributed by atoms with Gasteiger partial charge in [0.05, 0.1) is 5.16 Å². The maximum atomic E-state index is 12.8. The molecule has 1 aromatic rings. The Morgan fingerprint density at radius 3 is 0.979 bits per heavy atom. The van der Waals surface area contributed by atoms with E-state index in [1.807, 2.05) is 0 Å². The fourth-order valence-corrected chi connectivity index (χ4v) is 6.92. The molecule has 1 aromatic heterocycles. The highest BCUT2D eigenvalue weighted by Crippen LogP contribution is 2.18. The van der Waals surface area contributed by atoms with Crippen molar-refractivity contribution in [1.82, 2.24) is 5.16 Å². The third-order valence-corrected chi connectivity index (χ3v) is 10.2. The highest BCUT2D eigenvalue weighted by Gasteiger charge is 2.30. The van der Waals surface area contributed by atoms with Gasteiger partial charge in [-0.1, -0.05) is 219 Å². The van der Waals surface area contributed by atoms with Crippen LogP contribution >= 0.6 is 0 Å². The fourth-order valence-electron chi connectivity index (χ4n) is 6.92. The molecule has 0 atom stereocenters. The van der Waals surface area contributed by atoms with Gasteiger partial charge in [0.15, 0.2) is 0 Å². The fraction of sp³-hybridized carbons (Fsp3) is 0.905. The Bertz CT molecular complexity index is 868. The number of hydrogen-bond donors (Lipinski definition) is 0. The van der Waals surface area contributed by atoms with Crippen molar-refractivity contribution >= 4 is 11.6 Å². The minimum atomic E-state index is -0.321. The molecule has 6 heteroatoms. The number of nitrogens with zero attached hydrogens (tertiary/aromatic N) is 2. The van der Waals surface area contributed by atoms with Crippen molar-refractivity contribution in [3.05, 3.63) is 16.6 Å². The first-order valence-corrected chi connectivity index (χ1v) is 21.3. The Morgan fingerprint density at radius 2 is 0.688 bits per heavy atom. The van der Waals surface area contributed by atoms with Crippen LogP contribution in [0.15, 0.2) is 4.63 Å². The van der Waals surface area contributed by atoms with E-state index in [2.05, 4.69) is 23.6 Å². The van der Waals surface area contributed by atoms with Gasteiger partial charge in [-0.15, -0.1) is 0 Å². The summed E-state index contributed by atoms with van der Waals surface area (Å²) in [4.78, 5) is 25.7. The summed E-state index contributed by atoms with van der Waals surface area (Å²) < 4.78 is 4.68. The second-order valence-corrected chi connectivity index (χ2v) is 14.8. The third kappa shape index (κ3) is 25.3. The maximum absolute atomic E-state index is 12.8. The smallest absolute Gasteiger partial charge is 0.294 e. The first-order chi connectivity index (χ1) is 23.6. The summed E-state index contributed by atoms with van der Waals surface area (Å²) in [7, 11) is 0. The van der Waals surface area contributed by atoms with Gasteiger partial charge in [0.2, 0.25) is 11.6 Å². The second-order valence-electron chi connectivity index (χ2n) is 14.8. The van der Waals surface area contributed by atoms with Gasteiger partial charge in [-0.05, 0) is 17.7 Å². The highest BCUT2D eigenvalue weighted by molar-refractivity contribution is 6.05. The lowest BCUT2D eigenvalue weighted by Gasteiger charge is -2.04. The van der Waals surface area contributed by atoms with Gasteiger partial charge in [0.25, 0.3) is 11.4 Å². The summed E-state index contributed by atoms with van der Waals surface area (Å²) in [5.41, 5.74) is -0.262. The molecule has 0 radical (unpaired) electrons. The summed E-state index contributed by atoms with van der Waals surface area (Å²) in [5, 5.41) is 15.8. The number of unbranched alkanes of at least 4 members (excludes halogenated alkanes) is 32. The Balaban J connectivity index is 1.99. The summed E-state index contributed by atoms with van der Waals surface area (Å²) >= 11 is 0. The van der Waals surface area contributed by atoms with E-state index < -0.39 is 0 Å². The van der Waals surface area contributed by atoms with Gasteiger partial charge >= 0.3 is 0 Å². The van der Waals surface area contributed by atoms with Crippen LogP contribution in [0, 0.1) is 5.21 Å². The molecule has 1 rings (SSSR count). The zero-order valence-corrected chi connectivity index (χ0v) is 32.0. The van der Waals surface area contributed by atoms with Gasteiger partial charge in [-0.25, -0.2) is 0 Å². The first-order valence-electron chi connectivity index (χ1n) is 21.3. The van der Waals surface area contributed by atoms with E-state index in [9.17, 15) is 14.8 Å². The zero-order chi connectivity index (χ0) is 34.8. The number of carbonyl (C=O) groups excluding carboxylic acids is 2. The van der Waals surface area contributed by atoms with E-state index in [0.717, 1.165) is 38.5 Å². The molecule has 0 aliphatic heterocycles. The third-order valence-electron chi connectivity index (χ3n) is 10.2. The molecule has 48 heavy (non-hydrogen) atoms. The van der Waals surface area contributed by atoms with Crippen molar-refractivity contribution in [2.75, 3.05) is 0 Å². The molecule has 0 aliphatic rings. The largest absolute Gasteiger partial charge is 0.359 e. The van der Waals surface area contributed by atoms with Crippen LogP contribution < -0.4 is 4.90 Å². The molecule has 0 aliphatic carbocycles. The van der Waals surface area contributed by atoms with Gasteiger partial charge < -0.3 is 5.21 Å². The molecule has 0 saturated heterocycles. The van der Waals surface area contributed by atoms with Crippen LogP contribution in [-0.4, -0.2) is 16.7 Å². The van der Waals surface area contributed by atoms with Crippen molar-refractivity contribution in [2.24, 2.45) is 0 Å². The number of carbonyl (C=O) groups is 2.